The smallest absolute Gasteiger partial charge is 0.341 e. The number of rotatable bonds is 4. The van der Waals surface area contributed by atoms with Crippen molar-refractivity contribution in [1.29, 1.82) is 0 Å². The lowest BCUT2D eigenvalue weighted by atomic mass is 9.80. The average molecular weight is 464 g/mol. The quantitative estimate of drug-likeness (QED) is 0.258. The Morgan fingerprint density at radius 2 is 1.85 bits per heavy atom. The first-order valence-electron chi connectivity index (χ1n) is 10.8. The van der Waals surface area contributed by atoms with Gasteiger partial charge < -0.3 is 28.4 Å². The highest BCUT2D eigenvalue weighted by molar-refractivity contribution is 5.93. The summed E-state index contributed by atoms with van der Waals surface area (Å²) >= 11 is 0. The minimum atomic E-state index is -1.36. The molecule has 8 atom stereocenters. The van der Waals surface area contributed by atoms with Crippen molar-refractivity contribution < 1.29 is 47.6 Å². The molecule has 0 radical (unpaired) electrons. The van der Waals surface area contributed by atoms with E-state index >= 15 is 0 Å². The second-order valence-corrected chi connectivity index (χ2v) is 9.23. The fourth-order valence-corrected chi connectivity index (χ4v) is 4.66. The molecule has 4 aliphatic rings. The average Bonchev–Trinajstić information content (AvgIpc) is 3.57. The molecule has 0 spiro atoms. The van der Waals surface area contributed by atoms with E-state index < -0.39 is 65.4 Å². The molecule has 3 aliphatic heterocycles. The molecule has 0 aromatic heterocycles. The number of allylic oxidation sites excluding steroid dienone is 1. The first kappa shape index (κ1) is 23.4. The van der Waals surface area contributed by atoms with Gasteiger partial charge in [0.1, 0.15) is 12.2 Å². The van der Waals surface area contributed by atoms with Crippen LogP contribution in [0.15, 0.2) is 23.8 Å². The number of carbonyl (C=O) groups is 4. The summed E-state index contributed by atoms with van der Waals surface area (Å²) in [7, 11) is 1.19. The van der Waals surface area contributed by atoms with Gasteiger partial charge in [-0.1, -0.05) is 12.7 Å². The van der Waals surface area contributed by atoms with Crippen LogP contribution in [0.1, 0.15) is 40.5 Å². The van der Waals surface area contributed by atoms with E-state index in [0.717, 1.165) is 0 Å². The van der Waals surface area contributed by atoms with Crippen LogP contribution in [-0.4, -0.2) is 72.7 Å². The van der Waals surface area contributed by atoms with Crippen LogP contribution in [0.3, 0.4) is 0 Å². The van der Waals surface area contributed by atoms with E-state index in [-0.39, 0.29) is 17.3 Å². The normalized spacial score (nSPS) is 43.1. The van der Waals surface area contributed by atoms with Crippen LogP contribution in [-0.2, 0) is 47.6 Å². The third kappa shape index (κ3) is 3.95. The molecule has 33 heavy (non-hydrogen) atoms. The number of hydrogen-bond donors (Lipinski definition) is 0. The highest BCUT2D eigenvalue weighted by Gasteiger charge is 2.66. The second kappa shape index (κ2) is 7.95. The molecule has 4 rings (SSSR count). The molecule has 3 saturated heterocycles. The van der Waals surface area contributed by atoms with Crippen molar-refractivity contribution in [2.45, 2.75) is 82.3 Å². The minimum absolute atomic E-state index is 0.00554. The molecule has 0 bridgehead atoms. The van der Waals surface area contributed by atoms with E-state index in [1.807, 2.05) is 6.92 Å². The third-order valence-electron chi connectivity index (χ3n) is 6.97. The zero-order chi connectivity index (χ0) is 24.3. The van der Waals surface area contributed by atoms with Crippen molar-refractivity contribution in [3.8, 4) is 0 Å². The Kier molecular flexibility index (Phi) is 5.65. The van der Waals surface area contributed by atoms with E-state index in [4.69, 9.17) is 28.4 Å². The topological polar surface area (TPSA) is 130 Å². The summed E-state index contributed by atoms with van der Waals surface area (Å²) in [6.45, 7) is 10.2. The highest BCUT2D eigenvalue weighted by atomic mass is 16.7. The lowest BCUT2D eigenvalue weighted by molar-refractivity contribution is -0.175. The minimum Gasteiger partial charge on any atom is -0.466 e. The van der Waals surface area contributed by atoms with Gasteiger partial charge in [-0.2, -0.15) is 0 Å². The molecule has 3 heterocycles. The number of methoxy groups -OCH3 is 1. The van der Waals surface area contributed by atoms with Gasteiger partial charge in [-0.05, 0) is 33.6 Å². The first-order valence-corrected chi connectivity index (χ1v) is 10.8. The molecule has 0 amide bonds. The van der Waals surface area contributed by atoms with E-state index in [0.29, 0.717) is 12.8 Å². The standard InChI is InChI=1S/C23H28O10/c1-10-14-16(31-21(27)23(5)11(2)32-23)15(29-12(3)24)13(20(26)28-6)8-7-9-22(4)18(33-22)17(14)30-19(10)25/h8,11,14-18H,1,7,9H2,2-6H3/b13-8+/t11-,14-,15+,16+,17+,18+,22-,23-/m1/s1. The fourth-order valence-electron chi connectivity index (χ4n) is 4.66. The summed E-state index contributed by atoms with van der Waals surface area (Å²) in [5.74, 6) is -3.79. The molecule has 180 valence electrons. The number of carbonyl (C=O) groups excluding carboxylic acids is 4. The van der Waals surface area contributed by atoms with Crippen LogP contribution in [0.5, 0.6) is 0 Å². The van der Waals surface area contributed by atoms with Gasteiger partial charge in [0.2, 0.25) is 0 Å². The van der Waals surface area contributed by atoms with Crippen LogP contribution in [0, 0.1) is 5.92 Å². The van der Waals surface area contributed by atoms with Gasteiger partial charge in [-0.15, -0.1) is 0 Å². The van der Waals surface area contributed by atoms with Crippen LogP contribution in [0.4, 0.5) is 0 Å². The third-order valence-corrected chi connectivity index (χ3v) is 6.97. The molecule has 0 unspecified atom stereocenters. The fraction of sp³-hybridized carbons (Fsp3) is 0.652. The number of fused-ring (bicyclic) bond motifs is 3. The Hall–Kier alpha value is -2.72. The molecule has 0 aromatic rings. The summed E-state index contributed by atoms with van der Waals surface area (Å²) in [6, 6.07) is 0. The largest absolute Gasteiger partial charge is 0.466 e. The van der Waals surface area contributed by atoms with Gasteiger partial charge in [0.25, 0.3) is 0 Å². The molecule has 0 N–H and O–H groups in total. The number of ether oxygens (including phenoxy) is 6. The van der Waals surface area contributed by atoms with Gasteiger partial charge in [-0.3, -0.25) is 4.79 Å². The van der Waals surface area contributed by atoms with Gasteiger partial charge in [0.05, 0.1) is 30.3 Å². The lowest BCUT2D eigenvalue weighted by Gasteiger charge is -2.34. The molecular weight excluding hydrogens is 436 g/mol. The molecule has 10 heteroatoms. The number of hydrogen-bond acceptors (Lipinski definition) is 10. The highest BCUT2D eigenvalue weighted by Crippen LogP contribution is 2.51. The molecule has 0 aromatic carbocycles. The van der Waals surface area contributed by atoms with E-state index in [1.54, 1.807) is 19.9 Å². The van der Waals surface area contributed by atoms with Crippen molar-refractivity contribution in [2.24, 2.45) is 5.92 Å². The van der Waals surface area contributed by atoms with Gasteiger partial charge in [0.15, 0.2) is 17.8 Å². The molecular formula is C23H28O10. The van der Waals surface area contributed by atoms with Crippen molar-refractivity contribution >= 4 is 23.9 Å². The molecule has 10 nitrogen and oxygen atoms in total. The zero-order valence-corrected chi connectivity index (χ0v) is 19.2. The maximum Gasteiger partial charge on any atom is 0.341 e. The van der Waals surface area contributed by atoms with Crippen molar-refractivity contribution in [2.75, 3.05) is 7.11 Å². The SMILES string of the molecule is C=C1C(=O)O[C@H]2[C@H]1[C@H](OC(=O)[C@]1(C)O[C@@H]1C)[C@@H](OC(C)=O)/C(C(=O)OC)=C\CC[C@@]1(C)O[C@@H]21. The monoisotopic (exact) mass is 464 g/mol. The first-order chi connectivity index (χ1) is 15.4. The predicted molar refractivity (Wildman–Crippen MR) is 110 cm³/mol. The van der Waals surface area contributed by atoms with Crippen LogP contribution < -0.4 is 0 Å². The van der Waals surface area contributed by atoms with Crippen molar-refractivity contribution in [3.63, 3.8) is 0 Å². The Bertz CT molecular complexity index is 953. The summed E-state index contributed by atoms with van der Waals surface area (Å²) in [5, 5.41) is 0. The van der Waals surface area contributed by atoms with E-state index in [2.05, 4.69) is 6.58 Å². The Labute approximate surface area is 191 Å². The summed E-state index contributed by atoms with van der Waals surface area (Å²) < 4.78 is 33.2. The van der Waals surface area contributed by atoms with Gasteiger partial charge in [0, 0.05) is 12.5 Å². The van der Waals surface area contributed by atoms with E-state index in [1.165, 1.54) is 14.0 Å². The number of esters is 4. The molecule has 3 fully saturated rings. The molecule has 1 aliphatic carbocycles. The molecule has 0 saturated carbocycles. The maximum atomic E-state index is 13.1. The summed E-state index contributed by atoms with van der Waals surface area (Å²) in [6.07, 6.45) is -1.87. The Morgan fingerprint density at radius 3 is 2.42 bits per heavy atom. The summed E-state index contributed by atoms with van der Waals surface area (Å²) in [5.41, 5.74) is -1.77. The predicted octanol–water partition coefficient (Wildman–Crippen LogP) is 1.16. The number of epoxide rings is 2. The Balaban J connectivity index is 1.82. The zero-order valence-electron chi connectivity index (χ0n) is 19.2. The van der Waals surface area contributed by atoms with E-state index in [9.17, 15) is 19.2 Å². The van der Waals surface area contributed by atoms with Gasteiger partial charge >= 0.3 is 23.9 Å². The van der Waals surface area contributed by atoms with Crippen LogP contribution in [0.2, 0.25) is 0 Å². The summed E-state index contributed by atoms with van der Waals surface area (Å²) in [4.78, 5) is 50.4. The van der Waals surface area contributed by atoms with Crippen molar-refractivity contribution in [3.05, 3.63) is 23.8 Å². The Morgan fingerprint density at radius 1 is 1.18 bits per heavy atom. The van der Waals surface area contributed by atoms with Crippen LogP contribution >= 0.6 is 0 Å². The maximum absolute atomic E-state index is 13.1. The van der Waals surface area contributed by atoms with Gasteiger partial charge in [-0.25, -0.2) is 14.4 Å². The van der Waals surface area contributed by atoms with Crippen molar-refractivity contribution in [1.82, 2.24) is 0 Å². The lowest BCUT2D eigenvalue weighted by Crippen LogP contribution is -2.49. The van der Waals surface area contributed by atoms with Crippen LogP contribution in [0.25, 0.3) is 0 Å². The second-order valence-electron chi connectivity index (χ2n) is 9.23.